The second kappa shape index (κ2) is 10.9. The van der Waals surface area contributed by atoms with E-state index in [0.717, 1.165) is 37.7 Å². The van der Waals surface area contributed by atoms with Crippen LogP contribution in [-0.4, -0.2) is 57.0 Å². The number of benzene rings is 2. The second-order valence-corrected chi connectivity index (χ2v) is 6.49. The fraction of sp³-hybridized carbons (Fsp3) is 0.333. The Morgan fingerprint density at radius 1 is 1.00 bits per heavy atom. The number of amides is 1. The van der Waals surface area contributed by atoms with Crippen molar-refractivity contribution in [2.45, 2.75) is 6.54 Å². The van der Waals surface area contributed by atoms with Crippen LogP contribution in [0.15, 0.2) is 59.6 Å². The molecule has 2 aromatic carbocycles. The van der Waals surface area contributed by atoms with Crippen molar-refractivity contribution in [2.24, 2.45) is 4.99 Å². The van der Waals surface area contributed by atoms with Crippen molar-refractivity contribution in [3.8, 4) is 0 Å². The highest BCUT2D eigenvalue weighted by atomic mass is 127. The number of carbonyl (C=O) groups is 1. The van der Waals surface area contributed by atoms with Gasteiger partial charge in [0.15, 0.2) is 5.96 Å². The van der Waals surface area contributed by atoms with Crippen LogP contribution in [0.4, 0.5) is 5.69 Å². The summed E-state index contributed by atoms with van der Waals surface area (Å²) in [5, 5.41) is 6.06. The number of guanidine groups is 1. The first-order chi connectivity index (χ1) is 13.2. The van der Waals surface area contributed by atoms with E-state index in [4.69, 9.17) is 0 Å². The molecule has 0 spiro atoms. The summed E-state index contributed by atoms with van der Waals surface area (Å²) in [5.41, 5.74) is 3.06. The first kappa shape index (κ1) is 22.0. The van der Waals surface area contributed by atoms with E-state index < -0.39 is 0 Å². The monoisotopic (exact) mass is 493 g/mol. The topological polar surface area (TPSA) is 60.0 Å². The molecular weight excluding hydrogens is 465 g/mol. The summed E-state index contributed by atoms with van der Waals surface area (Å²) in [5.74, 6) is 0.847. The molecule has 0 aromatic heterocycles. The van der Waals surface area contributed by atoms with E-state index >= 15 is 0 Å². The van der Waals surface area contributed by atoms with Gasteiger partial charge in [0.1, 0.15) is 0 Å². The molecule has 28 heavy (non-hydrogen) atoms. The molecule has 1 heterocycles. The van der Waals surface area contributed by atoms with Crippen molar-refractivity contribution in [1.82, 2.24) is 15.5 Å². The van der Waals surface area contributed by atoms with Crippen molar-refractivity contribution < 1.29 is 4.79 Å². The van der Waals surface area contributed by atoms with E-state index in [9.17, 15) is 4.79 Å². The summed E-state index contributed by atoms with van der Waals surface area (Å²) in [6.45, 7) is 4.50. The highest BCUT2D eigenvalue weighted by Gasteiger charge is 2.19. The number of para-hydroxylation sites is 1. The molecule has 2 N–H and O–H groups in total. The van der Waals surface area contributed by atoms with Gasteiger partial charge in [0, 0.05) is 58.1 Å². The lowest BCUT2D eigenvalue weighted by Gasteiger charge is -2.37. The van der Waals surface area contributed by atoms with E-state index in [-0.39, 0.29) is 29.9 Å². The second-order valence-electron chi connectivity index (χ2n) is 6.49. The Balaban J connectivity index is 0.00000280. The van der Waals surface area contributed by atoms with Crippen LogP contribution in [0.25, 0.3) is 0 Å². The maximum absolute atomic E-state index is 11.6. The van der Waals surface area contributed by atoms with Crippen LogP contribution in [0.5, 0.6) is 0 Å². The Kier molecular flexibility index (Phi) is 8.56. The summed E-state index contributed by atoms with van der Waals surface area (Å²) in [6, 6.07) is 18.2. The zero-order valence-electron chi connectivity index (χ0n) is 16.4. The Morgan fingerprint density at radius 3 is 2.21 bits per heavy atom. The molecular formula is C21H28IN5O. The summed E-state index contributed by atoms with van der Waals surface area (Å²) < 4.78 is 0. The molecule has 0 radical (unpaired) electrons. The van der Waals surface area contributed by atoms with Gasteiger partial charge in [0.2, 0.25) is 0 Å². The van der Waals surface area contributed by atoms with Crippen LogP contribution in [0.3, 0.4) is 0 Å². The lowest BCUT2D eigenvalue weighted by atomic mass is 10.1. The van der Waals surface area contributed by atoms with Crippen molar-refractivity contribution in [3.63, 3.8) is 0 Å². The van der Waals surface area contributed by atoms with Gasteiger partial charge in [-0.25, -0.2) is 0 Å². The number of halogens is 1. The van der Waals surface area contributed by atoms with Crippen LogP contribution in [-0.2, 0) is 6.54 Å². The zero-order chi connectivity index (χ0) is 19.1. The average molecular weight is 493 g/mol. The number of rotatable bonds is 4. The summed E-state index contributed by atoms with van der Waals surface area (Å²) >= 11 is 0. The maximum Gasteiger partial charge on any atom is 0.251 e. The standard InChI is InChI=1S/C21H27N5O.HI/c1-22-20(27)18-10-8-17(9-11-18)16-24-21(23-2)26-14-12-25(13-15-26)19-6-4-3-5-7-19;/h3-11H,12-16H2,1-2H3,(H,22,27)(H,23,24);1H. The first-order valence-electron chi connectivity index (χ1n) is 9.28. The predicted octanol–water partition coefficient (Wildman–Crippen LogP) is 2.56. The van der Waals surface area contributed by atoms with Gasteiger partial charge in [-0.1, -0.05) is 30.3 Å². The molecule has 3 rings (SSSR count). The minimum atomic E-state index is -0.0680. The molecule has 1 aliphatic heterocycles. The number of hydrogen-bond acceptors (Lipinski definition) is 3. The third-order valence-corrected chi connectivity index (χ3v) is 4.81. The fourth-order valence-corrected chi connectivity index (χ4v) is 3.25. The number of carbonyl (C=O) groups excluding carboxylic acids is 1. The minimum Gasteiger partial charge on any atom is -0.368 e. The van der Waals surface area contributed by atoms with Crippen molar-refractivity contribution in [1.29, 1.82) is 0 Å². The van der Waals surface area contributed by atoms with E-state index in [2.05, 4.69) is 49.7 Å². The molecule has 0 aliphatic carbocycles. The van der Waals surface area contributed by atoms with Crippen molar-refractivity contribution >= 4 is 41.5 Å². The number of nitrogens with zero attached hydrogens (tertiary/aromatic N) is 3. The molecule has 1 fully saturated rings. The SMILES string of the molecule is CN=C(NCc1ccc(C(=O)NC)cc1)N1CCN(c2ccccc2)CC1.I. The third-order valence-electron chi connectivity index (χ3n) is 4.81. The molecule has 1 aliphatic rings. The zero-order valence-corrected chi connectivity index (χ0v) is 18.7. The van der Waals surface area contributed by atoms with Crippen LogP contribution in [0.2, 0.25) is 0 Å². The minimum absolute atomic E-state index is 0. The molecule has 0 bridgehead atoms. The average Bonchev–Trinajstić information content (AvgIpc) is 2.75. The maximum atomic E-state index is 11.6. The summed E-state index contributed by atoms with van der Waals surface area (Å²) in [6.07, 6.45) is 0. The quantitative estimate of drug-likeness (QED) is 0.391. The molecule has 7 heteroatoms. The molecule has 6 nitrogen and oxygen atoms in total. The van der Waals surface area contributed by atoms with E-state index in [1.165, 1.54) is 5.69 Å². The van der Waals surface area contributed by atoms with Crippen LogP contribution in [0, 0.1) is 0 Å². The normalized spacial score (nSPS) is 14.3. The molecule has 2 aromatic rings. The van der Waals surface area contributed by atoms with Gasteiger partial charge >= 0.3 is 0 Å². The van der Waals surface area contributed by atoms with Crippen LogP contribution in [0.1, 0.15) is 15.9 Å². The number of hydrogen-bond donors (Lipinski definition) is 2. The van der Waals surface area contributed by atoms with Gasteiger partial charge in [-0.15, -0.1) is 24.0 Å². The lowest BCUT2D eigenvalue weighted by molar-refractivity contribution is 0.0963. The number of piperazine rings is 1. The third kappa shape index (κ3) is 5.60. The fourth-order valence-electron chi connectivity index (χ4n) is 3.25. The number of nitrogens with one attached hydrogen (secondary N) is 2. The molecule has 0 atom stereocenters. The summed E-state index contributed by atoms with van der Waals surface area (Å²) in [7, 11) is 3.46. The molecule has 150 valence electrons. The summed E-state index contributed by atoms with van der Waals surface area (Å²) in [4.78, 5) is 20.7. The van der Waals surface area contributed by atoms with Crippen LogP contribution >= 0.6 is 24.0 Å². The van der Waals surface area contributed by atoms with Crippen molar-refractivity contribution in [3.05, 3.63) is 65.7 Å². The first-order valence-corrected chi connectivity index (χ1v) is 9.28. The Bertz CT molecular complexity index is 771. The van der Waals surface area contributed by atoms with Crippen molar-refractivity contribution in [2.75, 3.05) is 45.2 Å². The highest BCUT2D eigenvalue weighted by Crippen LogP contribution is 2.15. The Morgan fingerprint density at radius 2 is 1.64 bits per heavy atom. The smallest absolute Gasteiger partial charge is 0.251 e. The lowest BCUT2D eigenvalue weighted by Crippen LogP contribution is -2.52. The van der Waals surface area contributed by atoms with E-state index in [0.29, 0.717) is 12.1 Å². The van der Waals surface area contributed by atoms with Gasteiger partial charge < -0.3 is 20.4 Å². The van der Waals surface area contributed by atoms with Crippen LogP contribution < -0.4 is 15.5 Å². The van der Waals surface area contributed by atoms with Gasteiger partial charge in [0.25, 0.3) is 5.91 Å². The van der Waals surface area contributed by atoms with Gasteiger partial charge in [0.05, 0.1) is 0 Å². The van der Waals surface area contributed by atoms with E-state index in [1.54, 1.807) is 7.05 Å². The largest absolute Gasteiger partial charge is 0.368 e. The highest BCUT2D eigenvalue weighted by molar-refractivity contribution is 14.0. The predicted molar refractivity (Wildman–Crippen MR) is 126 cm³/mol. The van der Waals surface area contributed by atoms with Gasteiger partial charge in [-0.3, -0.25) is 9.79 Å². The van der Waals surface area contributed by atoms with Gasteiger partial charge in [-0.05, 0) is 29.8 Å². The van der Waals surface area contributed by atoms with Gasteiger partial charge in [-0.2, -0.15) is 0 Å². The number of aliphatic imine (C=N–C) groups is 1. The Hall–Kier alpha value is -2.29. The molecule has 0 unspecified atom stereocenters. The molecule has 1 saturated heterocycles. The van der Waals surface area contributed by atoms with E-state index in [1.807, 2.05) is 37.4 Å². The molecule has 1 amide bonds. The molecule has 0 saturated carbocycles. The number of anilines is 1. The Labute approximate surface area is 184 Å².